The first kappa shape index (κ1) is 27.7. The molecule has 200 valence electrons. The fourth-order valence-corrected chi connectivity index (χ4v) is 4.65. The van der Waals surface area contributed by atoms with E-state index in [2.05, 4.69) is 0 Å². The molecule has 0 spiro atoms. The fraction of sp³-hybridized carbons (Fsp3) is 0.680. The molecule has 0 aromatic heterocycles. The first-order chi connectivity index (χ1) is 17.1. The van der Waals surface area contributed by atoms with Crippen LogP contribution in [0.5, 0.6) is 0 Å². The molecule has 2 aliphatic heterocycles. The summed E-state index contributed by atoms with van der Waals surface area (Å²) in [7, 11) is 0. The van der Waals surface area contributed by atoms with E-state index in [1.54, 1.807) is 25.7 Å². The summed E-state index contributed by atoms with van der Waals surface area (Å²) in [6, 6.07) is 8.45. The average Bonchev–Trinajstić information content (AvgIpc) is 2.85. The van der Waals surface area contributed by atoms with Crippen LogP contribution in [0.4, 0.5) is 9.59 Å². The highest BCUT2D eigenvalue weighted by Crippen LogP contribution is 2.33. The van der Waals surface area contributed by atoms with Crippen molar-refractivity contribution in [2.75, 3.05) is 32.8 Å². The Hall–Kier alpha value is -2.92. The molecule has 36 heavy (non-hydrogen) atoms. The minimum Gasteiger partial charge on any atom is -0.445 e. The first-order valence-electron chi connectivity index (χ1n) is 12.4. The van der Waals surface area contributed by atoms with Gasteiger partial charge in [0.2, 0.25) is 0 Å². The maximum Gasteiger partial charge on any atom is 0.410 e. The maximum atomic E-state index is 12.9. The number of aliphatic hydroxyl groups excluding tert-OH is 1. The van der Waals surface area contributed by atoms with Gasteiger partial charge in [0.05, 0.1) is 12.7 Å². The van der Waals surface area contributed by atoms with Crippen molar-refractivity contribution in [3.63, 3.8) is 0 Å². The summed E-state index contributed by atoms with van der Waals surface area (Å²) in [6.07, 6.45) is 0.276. The highest BCUT2D eigenvalue weighted by molar-refractivity contribution is 5.69. The normalized spacial score (nSPS) is 23.3. The standard InChI is InChI=1S/C25H37N3O8/c1-24(2,3)36-23(31)27-13-7-12-25(18-29,28(32)33)21(27)17-34-20-10-14-26(15-11-20)22(30)35-16-19-8-5-4-6-9-19/h4-6,8-9,20-21,29H,7,10-18H2,1-3H3. The number of piperidine rings is 2. The molecule has 11 heteroatoms. The SMILES string of the molecule is CC(C)(C)OC(=O)N1CCCC(CO)([N+](=O)[O-])C1COC1CCN(C(=O)OCc2ccccc2)CC1. The van der Waals surface area contributed by atoms with Crippen LogP contribution in [0.2, 0.25) is 0 Å². The van der Waals surface area contributed by atoms with Gasteiger partial charge in [-0.05, 0) is 45.6 Å². The summed E-state index contributed by atoms with van der Waals surface area (Å²) in [5.74, 6) is 0. The lowest BCUT2D eigenvalue weighted by Crippen LogP contribution is -2.66. The van der Waals surface area contributed by atoms with Crippen LogP contribution in [0.15, 0.2) is 30.3 Å². The predicted molar refractivity (Wildman–Crippen MR) is 130 cm³/mol. The van der Waals surface area contributed by atoms with Gasteiger partial charge in [0.1, 0.15) is 24.9 Å². The molecule has 1 N–H and O–H groups in total. The molecule has 3 rings (SSSR count). The number of hydrogen-bond acceptors (Lipinski definition) is 8. The highest BCUT2D eigenvalue weighted by Gasteiger charge is 2.56. The molecule has 0 aliphatic carbocycles. The van der Waals surface area contributed by atoms with Gasteiger partial charge in [0.15, 0.2) is 0 Å². The summed E-state index contributed by atoms with van der Waals surface area (Å²) >= 11 is 0. The van der Waals surface area contributed by atoms with Crippen molar-refractivity contribution in [3.8, 4) is 0 Å². The molecule has 1 aromatic carbocycles. The van der Waals surface area contributed by atoms with E-state index in [0.29, 0.717) is 32.4 Å². The molecule has 1 aromatic rings. The molecule has 11 nitrogen and oxygen atoms in total. The number of hydrogen-bond donors (Lipinski definition) is 1. The Morgan fingerprint density at radius 2 is 1.81 bits per heavy atom. The number of benzene rings is 1. The van der Waals surface area contributed by atoms with Gasteiger partial charge in [-0.25, -0.2) is 9.59 Å². The summed E-state index contributed by atoms with van der Waals surface area (Å²) in [5.41, 5.74) is -1.58. The van der Waals surface area contributed by atoms with Crippen LogP contribution in [-0.4, -0.2) is 88.1 Å². The largest absolute Gasteiger partial charge is 0.445 e. The van der Waals surface area contributed by atoms with E-state index in [4.69, 9.17) is 14.2 Å². The van der Waals surface area contributed by atoms with E-state index in [1.165, 1.54) is 4.90 Å². The Balaban J connectivity index is 1.58. The van der Waals surface area contributed by atoms with E-state index >= 15 is 0 Å². The van der Waals surface area contributed by atoms with Crippen molar-refractivity contribution in [2.24, 2.45) is 0 Å². The third-order valence-electron chi connectivity index (χ3n) is 6.67. The van der Waals surface area contributed by atoms with Crippen LogP contribution >= 0.6 is 0 Å². The number of carbonyl (C=O) groups is 2. The second kappa shape index (κ2) is 11.9. The lowest BCUT2D eigenvalue weighted by atomic mass is 9.82. The molecule has 2 saturated heterocycles. The minimum atomic E-state index is -1.73. The van der Waals surface area contributed by atoms with E-state index in [1.807, 2.05) is 30.3 Å². The van der Waals surface area contributed by atoms with Crippen molar-refractivity contribution < 1.29 is 33.8 Å². The number of amides is 2. The molecular formula is C25H37N3O8. The number of aliphatic hydroxyl groups is 1. The summed E-state index contributed by atoms with van der Waals surface area (Å²) in [4.78, 5) is 39.8. The van der Waals surface area contributed by atoms with Crippen molar-refractivity contribution in [3.05, 3.63) is 46.0 Å². The Morgan fingerprint density at radius 1 is 1.14 bits per heavy atom. The van der Waals surface area contributed by atoms with Crippen LogP contribution in [0.1, 0.15) is 52.0 Å². The van der Waals surface area contributed by atoms with Gasteiger partial charge in [-0.3, -0.25) is 15.0 Å². The number of rotatable bonds is 7. The van der Waals surface area contributed by atoms with E-state index in [0.717, 1.165) is 5.56 Å². The molecular weight excluding hydrogens is 470 g/mol. The zero-order valence-electron chi connectivity index (χ0n) is 21.3. The number of ether oxygens (including phenoxy) is 3. The van der Waals surface area contributed by atoms with Gasteiger partial charge in [-0.2, -0.15) is 0 Å². The van der Waals surface area contributed by atoms with Crippen LogP contribution in [-0.2, 0) is 20.8 Å². The number of nitrogens with zero attached hydrogens (tertiary/aromatic N) is 3. The Kier molecular flexibility index (Phi) is 9.13. The number of nitro groups is 1. The molecule has 0 saturated carbocycles. The van der Waals surface area contributed by atoms with Crippen molar-refractivity contribution >= 4 is 12.2 Å². The molecule has 2 heterocycles. The molecule has 2 atom stereocenters. The van der Waals surface area contributed by atoms with Gasteiger partial charge in [-0.1, -0.05) is 30.3 Å². The lowest BCUT2D eigenvalue weighted by molar-refractivity contribution is -0.587. The molecule has 2 unspecified atom stereocenters. The zero-order valence-corrected chi connectivity index (χ0v) is 21.3. The molecule has 0 bridgehead atoms. The fourth-order valence-electron chi connectivity index (χ4n) is 4.65. The molecule has 2 amide bonds. The van der Waals surface area contributed by atoms with E-state index < -0.39 is 40.9 Å². The Bertz CT molecular complexity index is 898. The summed E-state index contributed by atoms with van der Waals surface area (Å²) < 4.78 is 16.9. The second-order valence-electron chi connectivity index (χ2n) is 10.4. The monoisotopic (exact) mass is 507 g/mol. The molecule has 2 aliphatic rings. The van der Waals surface area contributed by atoms with Gasteiger partial charge in [0, 0.05) is 31.0 Å². The smallest absolute Gasteiger partial charge is 0.410 e. The molecule has 0 radical (unpaired) electrons. The second-order valence-corrected chi connectivity index (χ2v) is 10.4. The Labute approximate surface area is 211 Å². The topological polar surface area (TPSA) is 132 Å². The first-order valence-corrected chi connectivity index (χ1v) is 12.4. The third kappa shape index (κ3) is 6.85. The van der Waals surface area contributed by atoms with Crippen molar-refractivity contribution in [1.29, 1.82) is 0 Å². The summed E-state index contributed by atoms with van der Waals surface area (Å²) in [6.45, 7) is 5.71. The highest BCUT2D eigenvalue weighted by atomic mass is 16.6. The van der Waals surface area contributed by atoms with Crippen LogP contribution in [0.25, 0.3) is 0 Å². The predicted octanol–water partition coefficient (Wildman–Crippen LogP) is 3.21. The average molecular weight is 508 g/mol. The maximum absolute atomic E-state index is 12.9. The van der Waals surface area contributed by atoms with Gasteiger partial charge in [-0.15, -0.1) is 0 Å². The van der Waals surface area contributed by atoms with Crippen LogP contribution < -0.4 is 0 Å². The molecule has 2 fully saturated rings. The van der Waals surface area contributed by atoms with E-state index in [-0.39, 0.29) is 32.3 Å². The van der Waals surface area contributed by atoms with Crippen LogP contribution in [0.3, 0.4) is 0 Å². The number of carbonyl (C=O) groups excluding carboxylic acids is 2. The third-order valence-corrected chi connectivity index (χ3v) is 6.67. The van der Waals surface area contributed by atoms with Crippen LogP contribution in [0, 0.1) is 10.1 Å². The minimum absolute atomic E-state index is 0.107. The van der Waals surface area contributed by atoms with Crippen molar-refractivity contribution in [1.82, 2.24) is 9.80 Å². The quantitative estimate of drug-likeness (QED) is 0.440. The Morgan fingerprint density at radius 3 is 2.39 bits per heavy atom. The van der Waals surface area contributed by atoms with Gasteiger partial charge >= 0.3 is 12.2 Å². The lowest BCUT2D eigenvalue weighted by Gasteiger charge is -2.44. The van der Waals surface area contributed by atoms with Gasteiger partial charge < -0.3 is 24.2 Å². The van der Waals surface area contributed by atoms with E-state index in [9.17, 15) is 24.8 Å². The zero-order chi connectivity index (χ0) is 26.3. The van der Waals surface area contributed by atoms with Crippen molar-refractivity contribution in [2.45, 2.75) is 76.3 Å². The van der Waals surface area contributed by atoms with Gasteiger partial charge in [0.25, 0.3) is 5.54 Å². The number of likely N-dealkylation sites (tertiary alicyclic amines) is 2. The summed E-state index contributed by atoms with van der Waals surface area (Å²) in [5, 5.41) is 22.1.